The van der Waals surface area contributed by atoms with Crippen molar-refractivity contribution in [1.29, 1.82) is 0 Å². The zero-order valence-corrected chi connectivity index (χ0v) is 13.1. The van der Waals surface area contributed by atoms with Gasteiger partial charge in [0.1, 0.15) is 0 Å². The molecule has 1 aliphatic rings. The summed E-state index contributed by atoms with van der Waals surface area (Å²) < 4.78 is 0. The largest absolute Gasteiger partial charge is 0.481 e. The third kappa shape index (κ3) is 3.29. The number of non-ortho nitro benzene ring substituents is 1. The third-order valence-corrected chi connectivity index (χ3v) is 4.50. The summed E-state index contributed by atoms with van der Waals surface area (Å²) in [6.45, 7) is 0.134. The van der Waals surface area contributed by atoms with Crippen LogP contribution in [-0.4, -0.2) is 32.0 Å². The number of nitro groups is 1. The summed E-state index contributed by atoms with van der Waals surface area (Å²) in [6.07, 6.45) is 2.05. The lowest BCUT2D eigenvalue weighted by molar-refractivity contribution is -0.384. The molecule has 4 N–H and O–H groups in total. The van der Waals surface area contributed by atoms with E-state index in [-0.39, 0.29) is 29.3 Å². The molecule has 1 heterocycles. The Morgan fingerprint density at radius 2 is 2.00 bits per heavy atom. The lowest BCUT2D eigenvalue weighted by atomic mass is 10.0. The summed E-state index contributed by atoms with van der Waals surface area (Å²) in [5, 5.41) is 23.4. The number of rotatable bonds is 5. The molecule has 25 heavy (non-hydrogen) atoms. The molecule has 10 nitrogen and oxygen atoms in total. The van der Waals surface area contributed by atoms with Crippen molar-refractivity contribution in [3.63, 3.8) is 0 Å². The molecule has 0 saturated heterocycles. The van der Waals surface area contributed by atoms with Gasteiger partial charge in [0, 0.05) is 24.7 Å². The van der Waals surface area contributed by atoms with Gasteiger partial charge in [0.05, 0.1) is 21.9 Å². The second-order valence-electron chi connectivity index (χ2n) is 6.06. The fraction of sp³-hybridized carbons (Fsp3) is 0.400. The van der Waals surface area contributed by atoms with Gasteiger partial charge in [-0.1, -0.05) is 6.42 Å². The Labute approximate surface area is 140 Å². The number of aromatic nitrogens is 2. The smallest absolute Gasteiger partial charge is 0.314 e. The number of hydrogen-bond acceptors (Lipinski definition) is 6. The van der Waals surface area contributed by atoms with E-state index in [1.807, 2.05) is 0 Å². The summed E-state index contributed by atoms with van der Waals surface area (Å²) in [4.78, 5) is 49.5. The highest BCUT2D eigenvalue weighted by Gasteiger charge is 2.32. The van der Waals surface area contributed by atoms with Gasteiger partial charge in [-0.05, 0) is 18.4 Å². The van der Waals surface area contributed by atoms with Crippen LogP contribution in [0.5, 0.6) is 0 Å². The first-order chi connectivity index (χ1) is 11.9. The molecule has 2 aromatic rings. The maximum atomic E-state index is 11.6. The second-order valence-corrected chi connectivity index (χ2v) is 6.06. The number of benzene rings is 1. The summed E-state index contributed by atoms with van der Waals surface area (Å²) in [5.74, 6) is -1.39. The van der Waals surface area contributed by atoms with Crippen LogP contribution >= 0.6 is 0 Å². The van der Waals surface area contributed by atoms with Crippen LogP contribution in [0.2, 0.25) is 0 Å². The molecular weight excluding hydrogens is 332 g/mol. The van der Waals surface area contributed by atoms with Crippen molar-refractivity contribution in [2.75, 3.05) is 0 Å². The highest BCUT2D eigenvalue weighted by molar-refractivity contribution is 5.80. The van der Waals surface area contributed by atoms with E-state index in [0.717, 1.165) is 6.42 Å². The Bertz CT molecular complexity index is 963. The van der Waals surface area contributed by atoms with Gasteiger partial charge in [0.15, 0.2) is 0 Å². The average molecular weight is 348 g/mol. The maximum Gasteiger partial charge on any atom is 0.314 e. The second kappa shape index (κ2) is 6.48. The van der Waals surface area contributed by atoms with E-state index in [9.17, 15) is 29.6 Å². The number of aromatic amines is 2. The van der Waals surface area contributed by atoms with Gasteiger partial charge in [-0.25, -0.2) is 0 Å². The summed E-state index contributed by atoms with van der Waals surface area (Å²) in [5.41, 5.74) is -1.13. The van der Waals surface area contributed by atoms with Gasteiger partial charge in [0.2, 0.25) is 0 Å². The van der Waals surface area contributed by atoms with E-state index >= 15 is 0 Å². The number of carboxylic acid groups (broad SMARTS) is 1. The van der Waals surface area contributed by atoms with Crippen molar-refractivity contribution < 1.29 is 14.8 Å². The standard InChI is InChI=1S/C15H16N4O6/c20-13-14(21)18-12-7(4-8(19(24)25)5-11(12)17-13)6-16-10-3-1-2-9(10)15(22)23/h4-5,9-10,16H,1-3,6H2,(H,17,20)(H,18,21)(H,22,23)/t9-,10+/m0/s1. The molecule has 0 spiro atoms. The fourth-order valence-electron chi connectivity index (χ4n) is 3.27. The van der Waals surface area contributed by atoms with Crippen molar-refractivity contribution in [2.24, 2.45) is 5.92 Å². The van der Waals surface area contributed by atoms with Crippen LogP contribution < -0.4 is 16.4 Å². The van der Waals surface area contributed by atoms with E-state index in [1.165, 1.54) is 12.1 Å². The van der Waals surface area contributed by atoms with Crippen LogP contribution in [0.3, 0.4) is 0 Å². The third-order valence-electron chi connectivity index (χ3n) is 4.50. The molecule has 0 amide bonds. The number of nitrogens with one attached hydrogen (secondary N) is 3. The molecule has 0 radical (unpaired) electrons. The molecule has 1 saturated carbocycles. The minimum Gasteiger partial charge on any atom is -0.481 e. The monoisotopic (exact) mass is 348 g/mol. The Balaban J connectivity index is 1.98. The minimum absolute atomic E-state index is 0.134. The van der Waals surface area contributed by atoms with Crippen LogP contribution in [-0.2, 0) is 11.3 Å². The highest BCUT2D eigenvalue weighted by atomic mass is 16.6. The van der Waals surface area contributed by atoms with Gasteiger partial charge in [0.25, 0.3) is 5.69 Å². The number of carbonyl (C=O) groups is 1. The number of nitro benzene ring substituents is 1. The molecule has 1 aromatic heterocycles. The zero-order valence-electron chi connectivity index (χ0n) is 13.1. The normalized spacial score (nSPS) is 20.0. The van der Waals surface area contributed by atoms with Crippen LogP contribution in [0.25, 0.3) is 11.0 Å². The SMILES string of the molecule is O=C(O)[C@H]1CCC[C@H]1NCc1cc([N+](=O)[O-])cc2[nH]c(=O)c(=O)[nH]c12. The molecule has 132 valence electrons. The van der Waals surface area contributed by atoms with Crippen LogP contribution in [0.15, 0.2) is 21.7 Å². The minimum atomic E-state index is -0.895. The van der Waals surface area contributed by atoms with Crippen LogP contribution in [0.4, 0.5) is 5.69 Å². The molecule has 10 heteroatoms. The topological polar surface area (TPSA) is 158 Å². The first-order valence-electron chi connectivity index (χ1n) is 7.76. The van der Waals surface area contributed by atoms with E-state index in [1.54, 1.807) is 0 Å². The number of carboxylic acids is 1. The molecule has 1 aliphatic carbocycles. The van der Waals surface area contributed by atoms with E-state index in [2.05, 4.69) is 15.3 Å². The van der Waals surface area contributed by atoms with Crippen LogP contribution in [0.1, 0.15) is 24.8 Å². The van der Waals surface area contributed by atoms with Crippen LogP contribution in [0, 0.1) is 16.0 Å². The van der Waals surface area contributed by atoms with Gasteiger partial charge in [-0.3, -0.25) is 24.5 Å². The molecular formula is C15H16N4O6. The molecule has 1 aromatic carbocycles. The average Bonchev–Trinajstić information content (AvgIpc) is 3.02. The number of H-pyrrole nitrogens is 2. The molecule has 3 rings (SSSR count). The first-order valence-corrected chi connectivity index (χ1v) is 7.76. The van der Waals surface area contributed by atoms with Gasteiger partial charge in [-0.2, -0.15) is 0 Å². The van der Waals surface area contributed by atoms with E-state index < -0.39 is 27.9 Å². The van der Waals surface area contributed by atoms with Gasteiger partial charge >= 0.3 is 17.1 Å². The number of nitrogens with zero attached hydrogens (tertiary/aromatic N) is 1. The van der Waals surface area contributed by atoms with Crippen molar-refractivity contribution in [2.45, 2.75) is 31.8 Å². The van der Waals surface area contributed by atoms with E-state index in [0.29, 0.717) is 18.4 Å². The summed E-state index contributed by atoms with van der Waals surface area (Å²) in [6, 6.07) is 2.22. The number of fused-ring (bicyclic) bond motifs is 1. The maximum absolute atomic E-state index is 11.6. The quantitative estimate of drug-likeness (QED) is 0.347. The fourth-order valence-corrected chi connectivity index (χ4v) is 3.27. The van der Waals surface area contributed by atoms with Gasteiger partial charge < -0.3 is 20.4 Å². The predicted molar refractivity (Wildman–Crippen MR) is 87.4 cm³/mol. The van der Waals surface area contributed by atoms with Crippen molar-refractivity contribution in [3.8, 4) is 0 Å². The van der Waals surface area contributed by atoms with Gasteiger partial charge in [-0.15, -0.1) is 0 Å². The number of aliphatic carboxylic acids is 1. The lowest BCUT2D eigenvalue weighted by Crippen LogP contribution is -2.36. The summed E-state index contributed by atoms with van der Waals surface area (Å²) >= 11 is 0. The highest BCUT2D eigenvalue weighted by Crippen LogP contribution is 2.27. The Morgan fingerprint density at radius 3 is 2.68 bits per heavy atom. The molecule has 2 atom stereocenters. The lowest BCUT2D eigenvalue weighted by Gasteiger charge is -2.18. The first kappa shape index (κ1) is 16.8. The van der Waals surface area contributed by atoms with Crippen molar-refractivity contribution >= 4 is 22.7 Å². The Morgan fingerprint density at radius 1 is 1.28 bits per heavy atom. The van der Waals surface area contributed by atoms with E-state index in [4.69, 9.17) is 0 Å². The Hall–Kier alpha value is -3.01. The molecule has 0 aliphatic heterocycles. The Kier molecular flexibility index (Phi) is 4.36. The van der Waals surface area contributed by atoms with Crippen molar-refractivity contribution in [3.05, 3.63) is 48.5 Å². The number of hydrogen-bond donors (Lipinski definition) is 4. The molecule has 0 unspecified atom stereocenters. The van der Waals surface area contributed by atoms with Crippen molar-refractivity contribution in [1.82, 2.24) is 15.3 Å². The zero-order chi connectivity index (χ0) is 18.1. The predicted octanol–water partition coefficient (Wildman–Crippen LogP) is 0.468. The molecule has 1 fully saturated rings. The molecule has 0 bridgehead atoms. The summed E-state index contributed by atoms with van der Waals surface area (Å²) in [7, 11) is 0.